The third-order valence-corrected chi connectivity index (χ3v) is 5.55. The third kappa shape index (κ3) is 5.67. The summed E-state index contributed by atoms with van der Waals surface area (Å²) in [5, 5.41) is 1.39. The van der Waals surface area contributed by atoms with Crippen LogP contribution in [-0.2, 0) is 12.8 Å². The summed E-state index contributed by atoms with van der Waals surface area (Å²) in [5.41, 5.74) is 7.88. The summed E-state index contributed by atoms with van der Waals surface area (Å²) in [6.07, 6.45) is 5.07. The number of fused-ring (bicyclic) bond motifs is 1. The molecule has 0 spiro atoms. The van der Waals surface area contributed by atoms with E-state index in [-0.39, 0.29) is 11.6 Å². The Kier molecular flexibility index (Phi) is 7.88. The van der Waals surface area contributed by atoms with Crippen LogP contribution in [0, 0.1) is 12.7 Å². The Bertz CT molecular complexity index is 1190. The van der Waals surface area contributed by atoms with E-state index in [1.54, 1.807) is 18.2 Å². The molecule has 1 N–H and O–H groups in total. The minimum atomic E-state index is -0.283. The lowest BCUT2D eigenvalue weighted by Crippen LogP contribution is -1.96. The van der Waals surface area contributed by atoms with Crippen LogP contribution in [0.3, 0.4) is 0 Å². The van der Waals surface area contributed by atoms with Gasteiger partial charge in [0.2, 0.25) is 0 Å². The predicted molar refractivity (Wildman–Crippen MR) is 134 cm³/mol. The molecule has 0 fully saturated rings. The van der Waals surface area contributed by atoms with Crippen LogP contribution >= 0.6 is 0 Å². The largest absolute Gasteiger partial charge is 0.494 e. The lowest BCUT2D eigenvalue weighted by molar-refractivity contribution is 0.384. The van der Waals surface area contributed by atoms with Gasteiger partial charge in [0.25, 0.3) is 0 Å². The topological polar surface area (TPSA) is 25.0 Å². The van der Waals surface area contributed by atoms with Crippen molar-refractivity contribution in [3.63, 3.8) is 0 Å². The van der Waals surface area contributed by atoms with Gasteiger partial charge in [-0.25, -0.2) is 4.39 Å². The Morgan fingerprint density at radius 2 is 1.78 bits per heavy atom. The molecule has 3 heteroatoms. The Hall–Kier alpha value is -3.33. The van der Waals surface area contributed by atoms with E-state index in [2.05, 4.69) is 49.8 Å². The van der Waals surface area contributed by atoms with Gasteiger partial charge >= 0.3 is 0 Å². The minimum Gasteiger partial charge on any atom is -0.494 e. The van der Waals surface area contributed by atoms with Crippen molar-refractivity contribution < 1.29 is 9.13 Å². The van der Waals surface area contributed by atoms with Gasteiger partial charge in [-0.1, -0.05) is 73.5 Å². The van der Waals surface area contributed by atoms with Gasteiger partial charge in [0.05, 0.1) is 7.11 Å². The zero-order chi connectivity index (χ0) is 23.1. The fraction of sp³-hybridized carbons (Fsp3) is 0.241. The Balaban J connectivity index is 0.000000193. The molecule has 0 saturated carbocycles. The van der Waals surface area contributed by atoms with Crippen molar-refractivity contribution in [2.24, 2.45) is 0 Å². The molecule has 0 amide bonds. The number of nitrogens with one attached hydrogen (secondary N) is 1. The van der Waals surface area contributed by atoms with E-state index >= 15 is 0 Å². The molecule has 2 nitrogen and oxygen atoms in total. The van der Waals surface area contributed by atoms with E-state index in [9.17, 15) is 4.39 Å². The first-order chi connectivity index (χ1) is 15.4. The molecule has 0 aliphatic heterocycles. The van der Waals surface area contributed by atoms with Crippen molar-refractivity contribution in [2.75, 3.05) is 7.11 Å². The predicted octanol–water partition coefficient (Wildman–Crippen LogP) is 7.89. The molecule has 32 heavy (non-hydrogen) atoms. The summed E-state index contributed by atoms with van der Waals surface area (Å²) in [5.74, 6) is 0.00466. The second kappa shape index (κ2) is 10.8. The zero-order valence-electron chi connectivity index (χ0n) is 19.5. The maximum atomic E-state index is 14.0. The SMILES string of the molecule is C=C(C)c1ccc(Cc2cccc(OC)c2F)cc1.CCCc1c[nH]c2ccc(C)cc12. The van der Waals surface area contributed by atoms with Crippen molar-refractivity contribution >= 4 is 16.5 Å². The minimum absolute atomic E-state index is 0.283. The van der Waals surface area contributed by atoms with Crippen LogP contribution < -0.4 is 4.74 Å². The summed E-state index contributed by atoms with van der Waals surface area (Å²) >= 11 is 0. The highest BCUT2D eigenvalue weighted by Crippen LogP contribution is 2.23. The van der Waals surface area contributed by atoms with E-state index in [0.717, 1.165) is 16.7 Å². The number of allylic oxidation sites excluding steroid dienone is 1. The number of ether oxygens (including phenoxy) is 1. The third-order valence-electron chi connectivity index (χ3n) is 5.55. The van der Waals surface area contributed by atoms with Crippen LogP contribution in [0.5, 0.6) is 5.75 Å². The van der Waals surface area contributed by atoms with Gasteiger partial charge < -0.3 is 9.72 Å². The zero-order valence-corrected chi connectivity index (χ0v) is 19.5. The second-order valence-electron chi connectivity index (χ2n) is 8.20. The monoisotopic (exact) mass is 429 g/mol. The maximum absolute atomic E-state index is 14.0. The molecule has 0 radical (unpaired) electrons. The number of H-pyrrole nitrogens is 1. The Labute approximate surface area is 190 Å². The lowest BCUT2D eigenvalue weighted by Gasteiger charge is -2.08. The lowest BCUT2D eigenvalue weighted by atomic mass is 10.0. The summed E-state index contributed by atoms with van der Waals surface area (Å²) in [6.45, 7) is 10.2. The van der Waals surface area contributed by atoms with Crippen LogP contribution in [-0.4, -0.2) is 12.1 Å². The van der Waals surface area contributed by atoms with Crippen molar-refractivity contribution in [1.82, 2.24) is 4.98 Å². The van der Waals surface area contributed by atoms with Crippen LogP contribution in [0.1, 0.15) is 48.1 Å². The normalized spacial score (nSPS) is 10.5. The van der Waals surface area contributed by atoms with Gasteiger partial charge in [0, 0.05) is 23.5 Å². The summed E-state index contributed by atoms with van der Waals surface area (Å²) in [6, 6.07) is 19.8. The number of hydrogen-bond donors (Lipinski definition) is 1. The second-order valence-corrected chi connectivity index (χ2v) is 8.20. The number of aromatic amines is 1. The molecular weight excluding hydrogens is 397 g/mol. The number of benzene rings is 3. The maximum Gasteiger partial charge on any atom is 0.168 e. The number of rotatable bonds is 6. The summed E-state index contributed by atoms with van der Waals surface area (Å²) in [4.78, 5) is 3.30. The number of aromatic nitrogens is 1. The molecule has 3 aromatic carbocycles. The molecule has 1 aromatic heterocycles. The van der Waals surface area contributed by atoms with Crippen molar-refractivity contribution in [3.05, 3.63) is 107 Å². The molecular formula is C29H32FNO. The fourth-order valence-electron chi connectivity index (χ4n) is 3.75. The van der Waals surface area contributed by atoms with Crippen molar-refractivity contribution in [3.8, 4) is 5.75 Å². The highest BCUT2D eigenvalue weighted by molar-refractivity contribution is 5.83. The van der Waals surface area contributed by atoms with Gasteiger partial charge in [-0.15, -0.1) is 0 Å². The van der Waals surface area contributed by atoms with Crippen LogP contribution in [0.2, 0.25) is 0 Å². The molecule has 4 aromatic rings. The molecule has 0 aliphatic carbocycles. The molecule has 0 unspecified atom stereocenters. The average Bonchev–Trinajstić information content (AvgIpc) is 3.18. The first-order valence-corrected chi connectivity index (χ1v) is 11.1. The number of hydrogen-bond acceptors (Lipinski definition) is 1. The van der Waals surface area contributed by atoms with Crippen LogP contribution in [0.15, 0.2) is 73.4 Å². The highest BCUT2D eigenvalue weighted by Gasteiger charge is 2.08. The van der Waals surface area contributed by atoms with E-state index < -0.39 is 0 Å². The fourth-order valence-corrected chi connectivity index (χ4v) is 3.75. The number of aryl methyl sites for hydroxylation is 2. The smallest absolute Gasteiger partial charge is 0.168 e. The van der Waals surface area contributed by atoms with E-state index in [1.807, 2.05) is 31.2 Å². The van der Waals surface area contributed by atoms with Gasteiger partial charge in [0.15, 0.2) is 11.6 Å². The van der Waals surface area contributed by atoms with Gasteiger partial charge in [-0.05, 0) is 60.7 Å². The van der Waals surface area contributed by atoms with Crippen LogP contribution in [0.4, 0.5) is 4.39 Å². The molecule has 0 saturated heterocycles. The highest BCUT2D eigenvalue weighted by atomic mass is 19.1. The molecule has 166 valence electrons. The van der Waals surface area contributed by atoms with E-state index in [0.29, 0.717) is 12.0 Å². The first kappa shape index (κ1) is 23.3. The van der Waals surface area contributed by atoms with Crippen molar-refractivity contribution in [2.45, 2.75) is 40.0 Å². The first-order valence-electron chi connectivity index (χ1n) is 11.1. The van der Waals surface area contributed by atoms with Gasteiger partial charge in [-0.2, -0.15) is 0 Å². The Morgan fingerprint density at radius 3 is 2.44 bits per heavy atom. The van der Waals surface area contributed by atoms with E-state index in [4.69, 9.17) is 4.74 Å². The van der Waals surface area contributed by atoms with Gasteiger partial charge in [-0.3, -0.25) is 0 Å². The van der Waals surface area contributed by atoms with Crippen LogP contribution in [0.25, 0.3) is 16.5 Å². The van der Waals surface area contributed by atoms with E-state index in [1.165, 1.54) is 42.0 Å². The summed E-state index contributed by atoms with van der Waals surface area (Å²) < 4.78 is 19.0. The number of methoxy groups -OCH3 is 1. The van der Waals surface area contributed by atoms with Gasteiger partial charge in [0.1, 0.15) is 0 Å². The number of halogens is 1. The average molecular weight is 430 g/mol. The quantitative estimate of drug-likeness (QED) is 0.331. The molecule has 0 bridgehead atoms. The Morgan fingerprint density at radius 1 is 1.03 bits per heavy atom. The van der Waals surface area contributed by atoms with Crippen molar-refractivity contribution in [1.29, 1.82) is 0 Å². The molecule has 1 heterocycles. The molecule has 0 atom stereocenters. The molecule has 0 aliphatic rings. The molecule has 4 rings (SSSR count). The summed E-state index contributed by atoms with van der Waals surface area (Å²) in [7, 11) is 1.48. The standard InChI is InChI=1S/C17H17FO.C12H15N/c1-12(2)14-9-7-13(8-10-14)11-15-5-4-6-16(19-3)17(15)18;1-3-4-10-8-13-12-6-5-9(2)7-11(10)12/h4-10H,1,11H2,2-3H3;5-8,13H,3-4H2,1-2H3.